The van der Waals surface area contributed by atoms with Gasteiger partial charge < -0.3 is 5.32 Å². The minimum Gasteiger partial charge on any atom is -0.381 e. The molecule has 1 aromatic rings. The predicted molar refractivity (Wildman–Crippen MR) is 71.0 cm³/mol. The third-order valence-electron chi connectivity index (χ3n) is 2.60. The summed E-state index contributed by atoms with van der Waals surface area (Å²) in [6, 6.07) is 6.80. The van der Waals surface area contributed by atoms with Crippen molar-refractivity contribution in [3.8, 4) is 0 Å². The number of hydrogen-bond donors (Lipinski definition) is 1. The lowest BCUT2D eigenvalue weighted by atomic mass is 10.1. The quantitative estimate of drug-likeness (QED) is 0.709. The van der Waals surface area contributed by atoms with E-state index >= 15 is 0 Å². The average Bonchev–Trinajstić information content (AvgIpc) is 2.29. The number of benzene rings is 1. The standard InChI is InChI=1S/C13H18F3NS/c1-3-7-10(4-2)17-11-8-5-6-9-12(11)18-13(14,15)16/h5-6,8-10,17H,3-4,7H2,1-2H3. The van der Waals surface area contributed by atoms with Crippen LogP contribution in [0.25, 0.3) is 0 Å². The molecule has 0 bridgehead atoms. The highest BCUT2D eigenvalue weighted by Gasteiger charge is 2.30. The van der Waals surface area contributed by atoms with Crippen molar-refractivity contribution in [1.29, 1.82) is 0 Å². The Morgan fingerprint density at radius 3 is 2.44 bits per heavy atom. The van der Waals surface area contributed by atoms with E-state index in [-0.39, 0.29) is 22.7 Å². The van der Waals surface area contributed by atoms with Crippen LogP contribution in [0.15, 0.2) is 29.2 Å². The Morgan fingerprint density at radius 1 is 1.22 bits per heavy atom. The number of thioether (sulfide) groups is 1. The van der Waals surface area contributed by atoms with Crippen molar-refractivity contribution >= 4 is 17.4 Å². The molecule has 0 radical (unpaired) electrons. The maximum absolute atomic E-state index is 12.4. The van der Waals surface area contributed by atoms with E-state index in [0.29, 0.717) is 5.69 Å². The maximum Gasteiger partial charge on any atom is 0.446 e. The van der Waals surface area contributed by atoms with Gasteiger partial charge in [-0.15, -0.1) is 0 Å². The van der Waals surface area contributed by atoms with E-state index < -0.39 is 5.51 Å². The molecule has 0 aliphatic carbocycles. The van der Waals surface area contributed by atoms with Gasteiger partial charge in [0.1, 0.15) is 0 Å². The van der Waals surface area contributed by atoms with Crippen LogP contribution in [0.2, 0.25) is 0 Å². The fourth-order valence-electron chi connectivity index (χ4n) is 1.75. The monoisotopic (exact) mass is 277 g/mol. The van der Waals surface area contributed by atoms with Gasteiger partial charge in [-0.2, -0.15) is 13.2 Å². The fraction of sp³-hybridized carbons (Fsp3) is 0.538. The minimum atomic E-state index is -4.25. The van der Waals surface area contributed by atoms with Gasteiger partial charge in [0.15, 0.2) is 0 Å². The van der Waals surface area contributed by atoms with E-state index in [1.54, 1.807) is 18.2 Å². The topological polar surface area (TPSA) is 12.0 Å². The summed E-state index contributed by atoms with van der Waals surface area (Å²) in [5, 5.41) is 3.20. The SMILES string of the molecule is CCCC(CC)Nc1ccccc1SC(F)(F)F. The van der Waals surface area contributed by atoms with Crippen molar-refractivity contribution in [3.63, 3.8) is 0 Å². The first-order chi connectivity index (χ1) is 8.46. The molecule has 0 saturated carbocycles. The van der Waals surface area contributed by atoms with Gasteiger partial charge in [-0.25, -0.2) is 0 Å². The molecule has 18 heavy (non-hydrogen) atoms. The Hall–Kier alpha value is -0.840. The normalized spacial score (nSPS) is 13.4. The third-order valence-corrected chi connectivity index (χ3v) is 3.41. The molecule has 0 aliphatic rings. The molecule has 1 unspecified atom stereocenters. The summed E-state index contributed by atoms with van der Waals surface area (Å²) < 4.78 is 37.3. The maximum atomic E-state index is 12.4. The number of halogens is 3. The molecule has 1 N–H and O–H groups in total. The van der Waals surface area contributed by atoms with Crippen LogP contribution in [0.4, 0.5) is 18.9 Å². The minimum absolute atomic E-state index is 0.0646. The zero-order chi connectivity index (χ0) is 13.6. The summed E-state index contributed by atoms with van der Waals surface area (Å²) in [6.07, 6.45) is 2.88. The first-order valence-corrected chi connectivity index (χ1v) is 6.89. The summed E-state index contributed by atoms with van der Waals surface area (Å²) in [4.78, 5) is 0.236. The van der Waals surface area contributed by atoms with E-state index in [9.17, 15) is 13.2 Å². The number of para-hydroxylation sites is 1. The van der Waals surface area contributed by atoms with Crippen LogP contribution in [0.1, 0.15) is 33.1 Å². The highest BCUT2D eigenvalue weighted by molar-refractivity contribution is 8.00. The van der Waals surface area contributed by atoms with E-state index in [1.807, 2.05) is 6.92 Å². The molecular formula is C13H18F3NS. The molecule has 1 atom stereocenters. The Bertz CT molecular complexity index is 365. The highest BCUT2D eigenvalue weighted by Crippen LogP contribution is 2.40. The van der Waals surface area contributed by atoms with Crippen molar-refractivity contribution in [3.05, 3.63) is 24.3 Å². The van der Waals surface area contributed by atoms with Crippen molar-refractivity contribution in [2.24, 2.45) is 0 Å². The Kier molecular flexibility index (Phi) is 5.85. The molecule has 0 heterocycles. The van der Waals surface area contributed by atoms with Crippen LogP contribution in [0.3, 0.4) is 0 Å². The van der Waals surface area contributed by atoms with E-state index in [0.717, 1.165) is 19.3 Å². The van der Waals surface area contributed by atoms with Gasteiger partial charge in [0.25, 0.3) is 0 Å². The summed E-state index contributed by atoms with van der Waals surface area (Å²) in [6.45, 7) is 4.10. The highest BCUT2D eigenvalue weighted by atomic mass is 32.2. The number of nitrogens with one attached hydrogen (secondary N) is 1. The van der Waals surface area contributed by atoms with Crippen molar-refractivity contribution in [2.75, 3.05) is 5.32 Å². The predicted octanol–water partition coefficient (Wildman–Crippen LogP) is 5.29. The molecule has 0 spiro atoms. The lowest BCUT2D eigenvalue weighted by Crippen LogP contribution is -2.18. The van der Waals surface area contributed by atoms with E-state index in [2.05, 4.69) is 12.2 Å². The fourth-order valence-corrected chi connectivity index (χ4v) is 2.38. The molecular weight excluding hydrogens is 259 g/mol. The molecule has 102 valence electrons. The number of alkyl halides is 3. The van der Waals surface area contributed by atoms with E-state index in [1.165, 1.54) is 6.07 Å². The molecule has 0 fully saturated rings. The Balaban J connectivity index is 2.81. The first kappa shape index (κ1) is 15.2. The molecule has 1 aromatic carbocycles. The zero-order valence-electron chi connectivity index (χ0n) is 10.6. The van der Waals surface area contributed by atoms with Crippen molar-refractivity contribution < 1.29 is 13.2 Å². The van der Waals surface area contributed by atoms with Crippen LogP contribution < -0.4 is 5.32 Å². The Labute approximate surface area is 110 Å². The molecule has 5 heteroatoms. The molecule has 1 nitrogen and oxygen atoms in total. The van der Waals surface area contributed by atoms with Crippen LogP contribution in [0, 0.1) is 0 Å². The second-order valence-electron chi connectivity index (χ2n) is 4.08. The van der Waals surface area contributed by atoms with Gasteiger partial charge in [-0.05, 0) is 36.7 Å². The van der Waals surface area contributed by atoms with Crippen LogP contribution >= 0.6 is 11.8 Å². The third kappa shape index (κ3) is 5.21. The number of rotatable bonds is 6. The zero-order valence-corrected chi connectivity index (χ0v) is 11.4. The summed E-state index contributed by atoms with van der Waals surface area (Å²) >= 11 is -0.0646. The van der Waals surface area contributed by atoms with Crippen molar-refractivity contribution in [1.82, 2.24) is 0 Å². The lowest BCUT2D eigenvalue weighted by Gasteiger charge is -2.20. The second kappa shape index (κ2) is 6.92. The van der Waals surface area contributed by atoms with Crippen LogP contribution in [-0.4, -0.2) is 11.6 Å². The smallest absolute Gasteiger partial charge is 0.381 e. The van der Waals surface area contributed by atoms with Crippen LogP contribution in [-0.2, 0) is 0 Å². The lowest BCUT2D eigenvalue weighted by molar-refractivity contribution is -0.0327. The first-order valence-electron chi connectivity index (χ1n) is 6.07. The largest absolute Gasteiger partial charge is 0.446 e. The summed E-state index contributed by atoms with van der Waals surface area (Å²) in [7, 11) is 0. The summed E-state index contributed by atoms with van der Waals surface area (Å²) in [5.41, 5.74) is -3.68. The number of anilines is 1. The van der Waals surface area contributed by atoms with Gasteiger partial charge in [0.05, 0.1) is 0 Å². The molecule has 0 amide bonds. The molecule has 0 saturated heterocycles. The number of hydrogen-bond acceptors (Lipinski definition) is 2. The van der Waals surface area contributed by atoms with Crippen molar-refractivity contribution in [2.45, 2.75) is 49.6 Å². The van der Waals surface area contributed by atoms with Crippen LogP contribution in [0.5, 0.6) is 0 Å². The van der Waals surface area contributed by atoms with Gasteiger partial charge in [0, 0.05) is 16.6 Å². The van der Waals surface area contributed by atoms with Gasteiger partial charge >= 0.3 is 5.51 Å². The Morgan fingerprint density at radius 2 is 1.89 bits per heavy atom. The summed E-state index contributed by atoms with van der Waals surface area (Å²) in [5.74, 6) is 0. The van der Waals surface area contributed by atoms with E-state index in [4.69, 9.17) is 0 Å². The average molecular weight is 277 g/mol. The molecule has 1 rings (SSSR count). The molecule has 0 aliphatic heterocycles. The molecule has 0 aromatic heterocycles. The van der Waals surface area contributed by atoms with Gasteiger partial charge in [-0.3, -0.25) is 0 Å². The second-order valence-corrected chi connectivity index (χ2v) is 5.19. The van der Waals surface area contributed by atoms with Gasteiger partial charge in [-0.1, -0.05) is 32.4 Å². The van der Waals surface area contributed by atoms with Gasteiger partial charge in [0.2, 0.25) is 0 Å².